The van der Waals surface area contributed by atoms with Crippen LogP contribution in [0.15, 0.2) is 53.5 Å². The number of aryl methyl sites for hydroxylation is 1. The molecule has 42 heavy (non-hydrogen) atoms. The molecule has 0 bridgehead atoms. The Morgan fingerprint density at radius 1 is 1.26 bits per heavy atom. The van der Waals surface area contributed by atoms with Crippen molar-refractivity contribution in [3.8, 4) is 16.9 Å². The monoisotopic (exact) mass is 591 g/mol. The Balaban J connectivity index is 1.35. The Labute approximate surface area is 250 Å². The smallest absolute Gasteiger partial charge is 0.354 e. The number of aromatic amines is 1. The van der Waals surface area contributed by atoms with E-state index >= 15 is 4.39 Å². The van der Waals surface area contributed by atoms with Gasteiger partial charge in [0.1, 0.15) is 5.65 Å². The number of benzene rings is 2. The van der Waals surface area contributed by atoms with Crippen LogP contribution in [0.4, 0.5) is 4.39 Å². The summed E-state index contributed by atoms with van der Waals surface area (Å²) in [5.74, 6) is 0.578. The molecule has 1 aliphatic carbocycles. The Kier molecular flexibility index (Phi) is 9.28. The van der Waals surface area contributed by atoms with Gasteiger partial charge < -0.3 is 21.8 Å². The third-order valence-corrected chi connectivity index (χ3v) is 8.58. The van der Waals surface area contributed by atoms with Gasteiger partial charge in [0, 0.05) is 29.7 Å². The van der Waals surface area contributed by atoms with Gasteiger partial charge in [-0.15, -0.1) is 0 Å². The van der Waals surface area contributed by atoms with E-state index in [9.17, 15) is 4.79 Å². The van der Waals surface area contributed by atoms with Gasteiger partial charge in [-0.2, -0.15) is 4.98 Å². The molecule has 2 aromatic heterocycles. The summed E-state index contributed by atoms with van der Waals surface area (Å²) in [6.45, 7) is 2.70. The van der Waals surface area contributed by atoms with Crippen LogP contribution in [0.25, 0.3) is 28.0 Å². The molecule has 0 saturated heterocycles. The second-order valence-electron chi connectivity index (χ2n) is 11.6. The number of rotatable bonds is 10. The molecule has 1 saturated carbocycles. The van der Waals surface area contributed by atoms with Crippen molar-refractivity contribution in [3.05, 3.63) is 81.1 Å². The van der Waals surface area contributed by atoms with Crippen molar-refractivity contribution in [3.63, 3.8) is 0 Å². The quantitative estimate of drug-likeness (QED) is 0.114. The number of nitrogens with zero attached hydrogens (tertiary/aromatic N) is 2. The van der Waals surface area contributed by atoms with Crippen LogP contribution in [0.2, 0.25) is 5.02 Å². The fourth-order valence-corrected chi connectivity index (χ4v) is 6.35. The van der Waals surface area contributed by atoms with E-state index < -0.39 is 11.5 Å². The molecule has 8 nitrogen and oxygen atoms in total. The molecule has 3 atom stereocenters. The average molecular weight is 592 g/mol. The SMILES string of the molecule is C[C@H](N)CCCc1cc(Cl)c(F)c(-c2cc3cn(-c4ccc([C@@H]5CCC[C@@H](CCNC(=N)N)C5)cc4)c(=O)nc3[nH]2)c1. The summed E-state index contributed by atoms with van der Waals surface area (Å²) in [5, 5.41) is 11.0. The van der Waals surface area contributed by atoms with Crippen LogP contribution in [0.1, 0.15) is 68.9 Å². The van der Waals surface area contributed by atoms with Gasteiger partial charge in [-0.05, 0) is 98.7 Å². The first kappa shape index (κ1) is 29.8. The second-order valence-corrected chi connectivity index (χ2v) is 12.0. The van der Waals surface area contributed by atoms with E-state index in [4.69, 9.17) is 28.5 Å². The van der Waals surface area contributed by atoms with Crippen LogP contribution < -0.4 is 22.5 Å². The summed E-state index contributed by atoms with van der Waals surface area (Å²) in [6.07, 6.45) is 9.85. The van der Waals surface area contributed by atoms with Crippen molar-refractivity contribution in [2.75, 3.05) is 6.54 Å². The van der Waals surface area contributed by atoms with Gasteiger partial charge in [0.15, 0.2) is 11.8 Å². The summed E-state index contributed by atoms with van der Waals surface area (Å²) in [7, 11) is 0. The molecule has 1 aliphatic rings. The summed E-state index contributed by atoms with van der Waals surface area (Å²) in [6, 6.07) is 13.5. The zero-order valence-corrected chi connectivity index (χ0v) is 24.7. The third-order valence-electron chi connectivity index (χ3n) is 8.30. The molecule has 0 amide bonds. The van der Waals surface area contributed by atoms with E-state index in [0.717, 1.165) is 56.3 Å². The lowest BCUT2D eigenvalue weighted by molar-refractivity contribution is 0.306. The zero-order chi connectivity index (χ0) is 29.8. The maximum atomic E-state index is 15.1. The molecular formula is C32H39ClFN7O. The van der Waals surface area contributed by atoms with Gasteiger partial charge in [-0.3, -0.25) is 9.98 Å². The summed E-state index contributed by atoms with van der Waals surface area (Å²) in [5.41, 5.74) is 15.1. The topological polar surface area (TPSA) is 139 Å². The first-order valence-corrected chi connectivity index (χ1v) is 15.1. The lowest BCUT2D eigenvalue weighted by atomic mass is 9.77. The van der Waals surface area contributed by atoms with Crippen molar-refractivity contribution < 1.29 is 4.39 Å². The van der Waals surface area contributed by atoms with Crippen LogP contribution in [0.3, 0.4) is 0 Å². The molecule has 2 heterocycles. The number of H-pyrrole nitrogens is 1. The van der Waals surface area contributed by atoms with Gasteiger partial charge in [-0.1, -0.05) is 36.6 Å². The van der Waals surface area contributed by atoms with Crippen LogP contribution in [0.5, 0.6) is 0 Å². The fraction of sp³-hybridized carbons (Fsp3) is 0.406. The van der Waals surface area contributed by atoms with Crippen LogP contribution in [-0.2, 0) is 6.42 Å². The number of guanidine groups is 1. The molecular weight excluding hydrogens is 553 g/mol. The van der Waals surface area contributed by atoms with E-state index in [1.807, 2.05) is 19.1 Å². The van der Waals surface area contributed by atoms with Crippen LogP contribution in [-0.4, -0.2) is 33.1 Å². The van der Waals surface area contributed by atoms with E-state index in [1.54, 1.807) is 24.4 Å². The van der Waals surface area contributed by atoms with Gasteiger partial charge in [-0.25, -0.2) is 9.18 Å². The molecule has 0 aliphatic heterocycles. The molecule has 0 unspecified atom stereocenters. The summed E-state index contributed by atoms with van der Waals surface area (Å²) in [4.78, 5) is 20.4. The van der Waals surface area contributed by atoms with Crippen molar-refractivity contribution in [1.29, 1.82) is 5.41 Å². The largest absolute Gasteiger partial charge is 0.370 e. The van der Waals surface area contributed by atoms with E-state index in [-0.39, 0.29) is 17.0 Å². The predicted octanol–water partition coefficient (Wildman–Crippen LogP) is 5.99. The van der Waals surface area contributed by atoms with Crippen molar-refractivity contribution in [2.24, 2.45) is 17.4 Å². The van der Waals surface area contributed by atoms with E-state index in [1.165, 1.54) is 23.0 Å². The first-order valence-electron chi connectivity index (χ1n) is 14.7. The highest BCUT2D eigenvalue weighted by Crippen LogP contribution is 2.38. The normalized spacial score (nSPS) is 17.8. The number of halogens is 2. The highest BCUT2D eigenvalue weighted by molar-refractivity contribution is 6.31. The molecule has 10 heteroatoms. The van der Waals surface area contributed by atoms with Gasteiger partial charge in [0.05, 0.1) is 16.4 Å². The zero-order valence-electron chi connectivity index (χ0n) is 23.9. The maximum absolute atomic E-state index is 15.1. The van der Waals surface area contributed by atoms with Crippen LogP contribution >= 0.6 is 11.6 Å². The minimum Gasteiger partial charge on any atom is -0.370 e. The van der Waals surface area contributed by atoms with Gasteiger partial charge in [0.25, 0.3) is 0 Å². The Morgan fingerprint density at radius 2 is 2.05 bits per heavy atom. The Morgan fingerprint density at radius 3 is 2.79 bits per heavy atom. The second kappa shape index (κ2) is 13.1. The number of aromatic nitrogens is 3. The molecule has 5 rings (SSSR count). The number of hydrogen-bond donors (Lipinski definition) is 5. The lowest BCUT2D eigenvalue weighted by Crippen LogP contribution is -2.32. The van der Waals surface area contributed by atoms with E-state index in [0.29, 0.717) is 34.1 Å². The minimum absolute atomic E-state index is 0.0197. The molecule has 7 N–H and O–H groups in total. The Bertz CT molecular complexity index is 1610. The highest BCUT2D eigenvalue weighted by Gasteiger charge is 2.23. The minimum atomic E-state index is -0.509. The first-order chi connectivity index (χ1) is 20.2. The van der Waals surface area contributed by atoms with Crippen LogP contribution in [0, 0.1) is 17.1 Å². The summed E-state index contributed by atoms with van der Waals surface area (Å²) < 4.78 is 16.6. The average Bonchev–Trinajstić information content (AvgIpc) is 3.37. The third kappa shape index (κ3) is 7.02. The van der Waals surface area contributed by atoms with Crippen molar-refractivity contribution in [1.82, 2.24) is 19.9 Å². The van der Waals surface area contributed by atoms with Gasteiger partial charge in [0.2, 0.25) is 0 Å². The standard InChI is InChI=1S/C32H39ClFN7O/c1-19(35)4-2-6-21-15-26(29(34)27(33)16-21)28-17-24-18-41(32(42)40-30(24)39-28)25-10-8-22(9-11-25)23-7-3-5-20(14-23)12-13-38-31(36)37/h8-11,15-20,23H,2-7,12-14,35H2,1H3,(H4,36,37,38)(H,39,40,42)/t19-,20-,23+/m0/s1. The fourth-order valence-electron chi connectivity index (χ4n) is 6.11. The Hall–Kier alpha value is -3.69. The van der Waals surface area contributed by atoms with Crippen molar-refractivity contribution >= 4 is 28.6 Å². The maximum Gasteiger partial charge on any atom is 0.354 e. The molecule has 0 spiro atoms. The molecule has 1 fully saturated rings. The molecule has 222 valence electrons. The lowest BCUT2D eigenvalue weighted by Gasteiger charge is -2.29. The molecule has 4 aromatic rings. The molecule has 0 radical (unpaired) electrons. The predicted molar refractivity (Wildman–Crippen MR) is 168 cm³/mol. The number of hydrogen-bond acceptors (Lipinski definition) is 4. The molecule has 2 aromatic carbocycles. The summed E-state index contributed by atoms with van der Waals surface area (Å²) >= 11 is 6.25. The highest BCUT2D eigenvalue weighted by atomic mass is 35.5. The van der Waals surface area contributed by atoms with Gasteiger partial charge >= 0.3 is 5.69 Å². The van der Waals surface area contributed by atoms with Crippen molar-refractivity contribution in [2.45, 2.75) is 70.3 Å². The van der Waals surface area contributed by atoms with E-state index in [2.05, 4.69) is 27.4 Å². The number of fused-ring (bicyclic) bond motifs is 1. The number of nitrogens with two attached hydrogens (primary N) is 2. The number of nitrogens with one attached hydrogen (secondary N) is 3.